The Labute approximate surface area is 180 Å². The lowest BCUT2D eigenvalue weighted by Gasteiger charge is -2.05. The van der Waals surface area contributed by atoms with E-state index in [2.05, 4.69) is 0 Å². The molecule has 4 nitrogen and oxygen atoms in total. The van der Waals surface area contributed by atoms with Gasteiger partial charge in [0.05, 0.1) is 4.90 Å². The van der Waals surface area contributed by atoms with Crippen LogP contribution in [0.1, 0.15) is 11.1 Å². The van der Waals surface area contributed by atoms with E-state index in [9.17, 15) is 13.7 Å². The molecule has 0 unspecified atom stereocenters. The molecule has 0 atom stereocenters. The van der Waals surface area contributed by atoms with Gasteiger partial charge in [0.25, 0.3) is 0 Å². The molecule has 0 aliphatic carbocycles. The van der Waals surface area contributed by atoms with E-state index in [1.54, 1.807) is 18.2 Å². The maximum atomic E-state index is 12.9. The Hall–Kier alpha value is -3.33. The Morgan fingerprint density at radius 2 is 1.73 bits per heavy atom. The van der Waals surface area contributed by atoms with Gasteiger partial charge in [0.15, 0.2) is 0 Å². The van der Waals surface area contributed by atoms with E-state index in [-0.39, 0.29) is 9.80 Å². The highest BCUT2D eigenvalue weighted by atomic mass is 35.5. The van der Waals surface area contributed by atoms with Gasteiger partial charge in [-0.15, -0.1) is 0 Å². The highest BCUT2D eigenvalue weighted by Crippen LogP contribution is 2.27. The van der Waals surface area contributed by atoms with Crippen molar-refractivity contribution in [2.75, 3.05) is 0 Å². The quantitative estimate of drug-likeness (QED) is 0.381. The minimum atomic E-state index is -3.90. The molecule has 6 heteroatoms. The number of hydrogen-bond acceptors (Lipinski definition) is 3. The van der Waals surface area contributed by atoms with E-state index in [0.29, 0.717) is 17.1 Å². The van der Waals surface area contributed by atoms with Gasteiger partial charge in [0.2, 0.25) is 9.84 Å². The molecule has 0 aliphatic heterocycles. The molecule has 0 aliphatic rings. The van der Waals surface area contributed by atoms with Gasteiger partial charge in [-0.25, -0.2) is 8.42 Å². The zero-order valence-electron chi connectivity index (χ0n) is 15.9. The fraction of sp³-hybridized carbons (Fsp3) is 0.0417. The summed E-state index contributed by atoms with van der Waals surface area (Å²) in [5.74, 6) is 0. The molecule has 1 heterocycles. The number of rotatable bonds is 5. The van der Waals surface area contributed by atoms with Crippen molar-refractivity contribution in [1.29, 1.82) is 5.26 Å². The molecule has 0 bridgehead atoms. The molecule has 148 valence electrons. The van der Waals surface area contributed by atoms with Crippen LogP contribution >= 0.6 is 11.6 Å². The Bertz CT molecular complexity index is 1400. The summed E-state index contributed by atoms with van der Waals surface area (Å²) in [6, 6.07) is 25.1. The van der Waals surface area contributed by atoms with E-state index in [1.165, 1.54) is 18.2 Å². The summed E-state index contributed by atoms with van der Waals surface area (Å²) in [6.45, 7) is 0.572. The Morgan fingerprint density at radius 1 is 1.00 bits per heavy atom. The van der Waals surface area contributed by atoms with Crippen molar-refractivity contribution in [1.82, 2.24) is 4.57 Å². The number of allylic oxidation sites excluding steroid dienone is 1. The molecule has 0 saturated carbocycles. The summed E-state index contributed by atoms with van der Waals surface area (Å²) >= 11 is 6.11. The molecule has 30 heavy (non-hydrogen) atoms. The van der Waals surface area contributed by atoms with Crippen molar-refractivity contribution in [2.45, 2.75) is 11.4 Å². The molecule has 4 rings (SSSR count). The zero-order valence-corrected chi connectivity index (χ0v) is 17.4. The van der Waals surface area contributed by atoms with E-state index in [4.69, 9.17) is 11.6 Å². The van der Waals surface area contributed by atoms with E-state index >= 15 is 0 Å². The second-order valence-electron chi connectivity index (χ2n) is 6.80. The van der Waals surface area contributed by atoms with Crippen LogP contribution in [0, 0.1) is 11.3 Å². The highest BCUT2D eigenvalue weighted by molar-refractivity contribution is 7.95. The van der Waals surface area contributed by atoms with Crippen LogP contribution in [0.2, 0.25) is 5.02 Å². The Morgan fingerprint density at radius 3 is 2.47 bits per heavy atom. The number of fused-ring (bicyclic) bond motifs is 1. The Kier molecular flexibility index (Phi) is 5.45. The molecular weight excluding hydrogens is 416 g/mol. The summed E-state index contributed by atoms with van der Waals surface area (Å²) in [6.07, 6.45) is 3.31. The summed E-state index contributed by atoms with van der Waals surface area (Å²) < 4.78 is 27.9. The standard InChI is InChI=1S/C24H17ClN2O2S/c25-20-8-6-7-18(13-20)16-27-17-19(23-11-4-5-12-24(23)27)14-22(15-26)30(28,29)21-9-2-1-3-10-21/h1-14,17H,16H2/b22-14-. The molecule has 0 saturated heterocycles. The smallest absolute Gasteiger partial charge is 0.216 e. The van der Waals surface area contributed by atoms with Crippen molar-refractivity contribution in [2.24, 2.45) is 0 Å². The molecule has 0 spiro atoms. The number of aromatic nitrogens is 1. The predicted molar refractivity (Wildman–Crippen MR) is 120 cm³/mol. The SMILES string of the molecule is N#C/C(=C/c1cn(Cc2cccc(Cl)c2)c2ccccc12)S(=O)(=O)c1ccccc1. The van der Waals surface area contributed by atoms with Crippen molar-refractivity contribution in [3.8, 4) is 6.07 Å². The van der Waals surface area contributed by atoms with Crippen LogP contribution in [0.25, 0.3) is 17.0 Å². The number of sulfone groups is 1. The Balaban J connectivity index is 1.82. The number of nitrogens with zero attached hydrogens (tertiary/aromatic N) is 2. The lowest BCUT2D eigenvalue weighted by molar-refractivity contribution is 0.603. The van der Waals surface area contributed by atoms with Gasteiger partial charge in [-0.2, -0.15) is 5.26 Å². The predicted octanol–water partition coefficient (Wildman–Crippen LogP) is 5.68. The summed E-state index contributed by atoms with van der Waals surface area (Å²) in [5, 5.41) is 11.1. The fourth-order valence-corrected chi connectivity index (χ4v) is 4.78. The normalized spacial score (nSPS) is 12.1. The van der Waals surface area contributed by atoms with Crippen LogP contribution in [0.5, 0.6) is 0 Å². The number of nitriles is 1. The van der Waals surface area contributed by atoms with Crippen molar-refractivity contribution in [3.05, 3.63) is 106 Å². The zero-order chi connectivity index (χ0) is 21.1. The third kappa shape index (κ3) is 3.88. The van der Waals surface area contributed by atoms with Crippen LogP contribution in [-0.2, 0) is 16.4 Å². The summed E-state index contributed by atoms with van der Waals surface area (Å²) in [5.41, 5.74) is 2.64. The molecular formula is C24H17ClN2O2S. The van der Waals surface area contributed by atoms with Gasteiger partial charge < -0.3 is 4.57 Å². The van der Waals surface area contributed by atoms with Crippen LogP contribution in [-0.4, -0.2) is 13.0 Å². The lowest BCUT2D eigenvalue weighted by Crippen LogP contribution is -2.03. The highest BCUT2D eigenvalue weighted by Gasteiger charge is 2.21. The van der Waals surface area contributed by atoms with Crippen molar-refractivity contribution in [3.63, 3.8) is 0 Å². The fourth-order valence-electron chi connectivity index (χ4n) is 3.39. The van der Waals surface area contributed by atoms with Crippen LogP contribution in [0.3, 0.4) is 0 Å². The molecule has 3 aromatic carbocycles. The first-order valence-electron chi connectivity index (χ1n) is 9.23. The minimum Gasteiger partial charge on any atom is -0.342 e. The van der Waals surface area contributed by atoms with E-state index < -0.39 is 9.84 Å². The molecule has 0 amide bonds. The molecule has 0 fully saturated rings. The van der Waals surface area contributed by atoms with Crippen LogP contribution in [0.4, 0.5) is 0 Å². The van der Waals surface area contributed by atoms with Gasteiger partial charge in [0, 0.05) is 34.2 Å². The number of benzene rings is 3. The number of hydrogen-bond donors (Lipinski definition) is 0. The first-order valence-corrected chi connectivity index (χ1v) is 11.1. The third-order valence-corrected chi connectivity index (χ3v) is 6.72. The number of halogens is 1. The molecule has 1 aromatic heterocycles. The monoisotopic (exact) mass is 432 g/mol. The maximum absolute atomic E-state index is 12.9. The van der Waals surface area contributed by atoms with E-state index in [1.807, 2.05) is 65.4 Å². The van der Waals surface area contributed by atoms with Crippen molar-refractivity contribution < 1.29 is 8.42 Å². The minimum absolute atomic E-state index is 0.0977. The van der Waals surface area contributed by atoms with Crippen LogP contribution < -0.4 is 0 Å². The summed E-state index contributed by atoms with van der Waals surface area (Å²) in [7, 11) is -3.90. The number of para-hydroxylation sites is 1. The van der Waals surface area contributed by atoms with Gasteiger partial charge in [-0.05, 0) is 42.0 Å². The summed E-state index contributed by atoms with van der Waals surface area (Å²) in [4.78, 5) is -0.195. The molecule has 0 radical (unpaired) electrons. The second kappa shape index (κ2) is 8.19. The maximum Gasteiger partial charge on any atom is 0.216 e. The van der Waals surface area contributed by atoms with Gasteiger partial charge in [-0.3, -0.25) is 0 Å². The van der Waals surface area contributed by atoms with Crippen LogP contribution in [0.15, 0.2) is 94.9 Å². The topological polar surface area (TPSA) is 62.9 Å². The largest absolute Gasteiger partial charge is 0.342 e. The van der Waals surface area contributed by atoms with Gasteiger partial charge >= 0.3 is 0 Å². The average Bonchev–Trinajstić information content (AvgIpc) is 3.10. The first kappa shape index (κ1) is 20.0. The second-order valence-corrected chi connectivity index (χ2v) is 9.15. The van der Waals surface area contributed by atoms with Crippen molar-refractivity contribution >= 4 is 38.4 Å². The van der Waals surface area contributed by atoms with Gasteiger partial charge in [-0.1, -0.05) is 60.1 Å². The van der Waals surface area contributed by atoms with E-state index in [0.717, 1.165) is 16.5 Å². The van der Waals surface area contributed by atoms with Gasteiger partial charge in [0.1, 0.15) is 11.0 Å². The molecule has 4 aromatic rings. The average molecular weight is 433 g/mol. The third-order valence-electron chi connectivity index (χ3n) is 4.80. The first-order chi connectivity index (χ1) is 14.5. The lowest BCUT2D eigenvalue weighted by atomic mass is 10.1. The molecule has 0 N–H and O–H groups in total.